The first-order valence-electron chi connectivity index (χ1n) is 2.01. The van der Waals surface area contributed by atoms with Gasteiger partial charge in [0.1, 0.15) is 6.21 Å². The van der Waals surface area contributed by atoms with Crippen molar-refractivity contribution in [1.82, 2.24) is 0 Å². The van der Waals surface area contributed by atoms with Gasteiger partial charge in [-0.25, -0.2) is 0 Å². The van der Waals surface area contributed by atoms with Crippen molar-refractivity contribution in [1.29, 1.82) is 0 Å². The molecule has 0 atom stereocenters. The van der Waals surface area contributed by atoms with Crippen molar-refractivity contribution in [2.24, 2.45) is 5.16 Å². The third kappa shape index (κ3) is 2.96. The van der Waals surface area contributed by atoms with Crippen LogP contribution in [0.2, 0.25) is 0 Å². The maximum atomic E-state index is 10.1. The van der Waals surface area contributed by atoms with Crippen LogP contribution in [0.25, 0.3) is 0 Å². The second-order valence-electron chi connectivity index (χ2n) is 1.06. The van der Waals surface area contributed by atoms with Crippen LogP contribution in [0, 0.1) is 0 Å². The van der Waals surface area contributed by atoms with E-state index in [9.17, 15) is 4.79 Å². The summed E-state index contributed by atoms with van der Waals surface area (Å²) in [5, 5.41) is 10.2. The van der Waals surface area contributed by atoms with Crippen LogP contribution in [0.3, 0.4) is 0 Å². The van der Waals surface area contributed by atoms with E-state index in [0.717, 1.165) is 6.21 Å². The Labute approximate surface area is 41.6 Å². The predicted octanol–water partition coefficient (Wildman–Crippen LogP) is 0.426. The molecule has 0 aliphatic carbocycles. The highest BCUT2D eigenvalue weighted by molar-refractivity contribution is 6.27. The highest BCUT2D eigenvalue weighted by Crippen LogP contribution is 1.72. The zero-order valence-electron chi connectivity index (χ0n) is 4.09. The lowest BCUT2D eigenvalue weighted by molar-refractivity contribution is -0.112. The molecule has 0 amide bonds. The minimum atomic E-state index is -0.164. The fourth-order valence-electron chi connectivity index (χ4n) is 0.156. The Kier molecular flexibility index (Phi) is 2.92. The molecule has 7 heavy (non-hydrogen) atoms. The smallest absolute Gasteiger partial charge is 0.176 e. The van der Waals surface area contributed by atoms with Gasteiger partial charge in [0.2, 0.25) is 0 Å². The molecule has 0 heterocycles. The Morgan fingerprint density at radius 1 is 2.00 bits per heavy atom. The first-order chi connectivity index (χ1) is 3.31. The Morgan fingerprint density at radius 3 is 2.71 bits per heavy atom. The van der Waals surface area contributed by atoms with E-state index < -0.39 is 0 Å². The molecule has 0 rings (SSSR count). The third-order valence-electron chi connectivity index (χ3n) is 0.550. The normalized spacial score (nSPS) is 9.86. The topological polar surface area (TPSA) is 49.7 Å². The summed E-state index contributed by atoms with van der Waals surface area (Å²) in [6.07, 6.45) is 1.28. The van der Waals surface area contributed by atoms with E-state index in [1.165, 1.54) is 0 Å². The van der Waals surface area contributed by atoms with Crippen molar-refractivity contribution in [2.75, 3.05) is 0 Å². The molecule has 0 bridgehead atoms. The number of rotatable bonds is 2. The average molecular weight is 101 g/mol. The van der Waals surface area contributed by atoms with Crippen LogP contribution in [0.5, 0.6) is 0 Å². The second-order valence-corrected chi connectivity index (χ2v) is 1.06. The Bertz CT molecular complexity index is 87.7. The van der Waals surface area contributed by atoms with Gasteiger partial charge in [0.25, 0.3) is 0 Å². The highest BCUT2D eigenvalue weighted by Gasteiger charge is 1.86. The Balaban J connectivity index is 3.37. The summed E-state index contributed by atoms with van der Waals surface area (Å²) < 4.78 is 0. The molecular weight excluding hydrogens is 94.0 g/mol. The van der Waals surface area contributed by atoms with Gasteiger partial charge in [0.05, 0.1) is 0 Å². The van der Waals surface area contributed by atoms with Crippen LogP contribution >= 0.6 is 0 Å². The number of hydrogen-bond donors (Lipinski definition) is 1. The van der Waals surface area contributed by atoms with Gasteiger partial charge in [-0.3, -0.25) is 4.79 Å². The van der Waals surface area contributed by atoms with Crippen LogP contribution in [-0.2, 0) is 4.79 Å². The number of oxime groups is 1. The zero-order chi connectivity index (χ0) is 5.70. The number of nitrogens with zero attached hydrogens (tertiary/aromatic N) is 1. The summed E-state index contributed by atoms with van der Waals surface area (Å²) in [4.78, 5) is 10.1. The quantitative estimate of drug-likeness (QED) is 0.311. The summed E-state index contributed by atoms with van der Waals surface area (Å²) in [5.41, 5.74) is 0. The van der Waals surface area contributed by atoms with E-state index in [2.05, 4.69) is 5.16 Å². The summed E-state index contributed by atoms with van der Waals surface area (Å²) >= 11 is 0. The highest BCUT2D eigenvalue weighted by atomic mass is 16.4. The first-order valence-corrected chi connectivity index (χ1v) is 2.01. The molecule has 1 N–H and O–H groups in total. The predicted molar refractivity (Wildman–Crippen MR) is 25.6 cm³/mol. The van der Waals surface area contributed by atoms with E-state index in [4.69, 9.17) is 5.21 Å². The van der Waals surface area contributed by atoms with Crippen LogP contribution in [0.4, 0.5) is 0 Å². The molecule has 0 aliphatic heterocycles. The lowest BCUT2D eigenvalue weighted by atomic mass is 10.3. The van der Waals surface area contributed by atoms with Gasteiger partial charge in [-0.15, -0.1) is 0 Å². The van der Waals surface area contributed by atoms with Crippen LogP contribution in [-0.4, -0.2) is 17.2 Å². The zero-order valence-corrected chi connectivity index (χ0v) is 4.09. The molecule has 0 spiro atoms. The summed E-state index contributed by atoms with van der Waals surface area (Å²) in [5.74, 6) is -0.164. The molecular formula is C4H7NO2. The third-order valence-corrected chi connectivity index (χ3v) is 0.550. The maximum Gasteiger partial charge on any atom is 0.176 e. The van der Waals surface area contributed by atoms with Gasteiger partial charge < -0.3 is 5.21 Å². The molecule has 0 fully saturated rings. The van der Waals surface area contributed by atoms with Crippen molar-refractivity contribution in [3.8, 4) is 0 Å². The number of Topliss-reactive ketones (excluding diaryl/α,β-unsaturated/α-hetero) is 1. The first kappa shape index (κ1) is 6.14. The Hall–Kier alpha value is -0.860. The molecule has 0 unspecified atom stereocenters. The SMILES string of the molecule is CCC(=O)/C=N/O. The van der Waals surface area contributed by atoms with Gasteiger partial charge in [0.15, 0.2) is 5.78 Å². The van der Waals surface area contributed by atoms with Crippen LogP contribution in [0.1, 0.15) is 13.3 Å². The average Bonchev–Trinajstić information content (AvgIpc) is 1.68. The molecule has 0 saturated heterocycles. The number of ketones is 1. The minimum absolute atomic E-state index is 0.164. The molecule has 0 aromatic rings. The van der Waals surface area contributed by atoms with Crippen molar-refractivity contribution in [2.45, 2.75) is 13.3 Å². The number of carbonyl (C=O) groups is 1. The van der Waals surface area contributed by atoms with E-state index in [-0.39, 0.29) is 5.78 Å². The molecule has 40 valence electrons. The molecule has 0 aliphatic rings. The minimum Gasteiger partial charge on any atom is -0.411 e. The molecule has 0 aromatic heterocycles. The van der Waals surface area contributed by atoms with Crippen molar-refractivity contribution in [3.63, 3.8) is 0 Å². The maximum absolute atomic E-state index is 10.1. The van der Waals surface area contributed by atoms with Crippen LogP contribution in [0.15, 0.2) is 5.16 Å². The molecule has 3 nitrogen and oxygen atoms in total. The summed E-state index contributed by atoms with van der Waals surface area (Å²) in [6, 6.07) is 0. The van der Waals surface area contributed by atoms with E-state index in [1.54, 1.807) is 6.92 Å². The summed E-state index contributed by atoms with van der Waals surface area (Å²) in [6.45, 7) is 1.70. The molecule has 0 saturated carbocycles. The van der Waals surface area contributed by atoms with E-state index in [0.29, 0.717) is 6.42 Å². The fourth-order valence-corrected chi connectivity index (χ4v) is 0.156. The fraction of sp³-hybridized carbons (Fsp3) is 0.500. The van der Waals surface area contributed by atoms with Gasteiger partial charge >= 0.3 is 0 Å². The van der Waals surface area contributed by atoms with E-state index >= 15 is 0 Å². The van der Waals surface area contributed by atoms with Crippen LogP contribution < -0.4 is 0 Å². The second kappa shape index (κ2) is 3.33. The molecule has 0 radical (unpaired) electrons. The number of hydrogen-bond acceptors (Lipinski definition) is 3. The van der Waals surface area contributed by atoms with E-state index in [1.807, 2.05) is 0 Å². The summed E-state index contributed by atoms with van der Waals surface area (Å²) in [7, 11) is 0. The Morgan fingerprint density at radius 2 is 2.57 bits per heavy atom. The van der Waals surface area contributed by atoms with Crippen molar-refractivity contribution >= 4 is 12.0 Å². The van der Waals surface area contributed by atoms with Crippen molar-refractivity contribution < 1.29 is 10.0 Å². The van der Waals surface area contributed by atoms with Gasteiger partial charge in [-0.05, 0) is 0 Å². The standard InChI is InChI=1S/C4H7NO2/c1-2-4(6)3-5-7/h3,7H,2H2,1H3/b5-3+. The lowest BCUT2D eigenvalue weighted by Crippen LogP contribution is -1.94. The van der Waals surface area contributed by atoms with Gasteiger partial charge in [-0.1, -0.05) is 12.1 Å². The lowest BCUT2D eigenvalue weighted by Gasteiger charge is -1.76. The monoisotopic (exact) mass is 101 g/mol. The van der Waals surface area contributed by atoms with Gasteiger partial charge in [-0.2, -0.15) is 0 Å². The molecule has 3 heteroatoms. The largest absolute Gasteiger partial charge is 0.411 e. The van der Waals surface area contributed by atoms with Gasteiger partial charge in [0, 0.05) is 6.42 Å². The molecule has 0 aromatic carbocycles. The van der Waals surface area contributed by atoms with Crippen molar-refractivity contribution in [3.05, 3.63) is 0 Å². The number of carbonyl (C=O) groups excluding carboxylic acids is 1.